The van der Waals surface area contributed by atoms with E-state index in [9.17, 15) is 0 Å². The Balaban J connectivity index is 0.00000200. The summed E-state index contributed by atoms with van der Waals surface area (Å²) in [6.07, 6.45) is 7.03. The van der Waals surface area contributed by atoms with Crippen LogP contribution in [-0.4, -0.2) is 32.6 Å². The summed E-state index contributed by atoms with van der Waals surface area (Å²) in [4.78, 5) is 2.32. The molecule has 0 amide bonds. The van der Waals surface area contributed by atoms with Crippen molar-refractivity contribution in [3.05, 3.63) is 29.8 Å². The highest BCUT2D eigenvalue weighted by Crippen LogP contribution is 2.36. The van der Waals surface area contributed by atoms with Crippen LogP contribution in [0, 0.1) is 5.92 Å². The van der Waals surface area contributed by atoms with Gasteiger partial charge < -0.3 is 9.64 Å². The molecule has 0 aromatic heterocycles. The molecule has 1 fully saturated rings. The van der Waals surface area contributed by atoms with Gasteiger partial charge in [0.2, 0.25) is 0 Å². The maximum Gasteiger partial charge on any atom is 0.118 e. The first kappa shape index (κ1) is 17.3. The lowest BCUT2D eigenvalue weighted by Crippen LogP contribution is -2.27. The Morgan fingerprint density at radius 3 is 2.20 bits per heavy atom. The fourth-order valence-electron chi connectivity index (χ4n) is 3.31. The minimum absolute atomic E-state index is 0. The van der Waals surface area contributed by atoms with Crippen molar-refractivity contribution in [1.82, 2.24) is 4.90 Å². The zero-order chi connectivity index (χ0) is 13.7. The average Bonchev–Trinajstić information content (AvgIpc) is 2.46. The maximum atomic E-state index is 5.27. The summed E-state index contributed by atoms with van der Waals surface area (Å²) in [5, 5.41) is 0. The smallest absolute Gasteiger partial charge is 0.118 e. The van der Waals surface area contributed by atoms with Gasteiger partial charge in [-0.3, -0.25) is 0 Å². The van der Waals surface area contributed by atoms with Gasteiger partial charge in [-0.15, -0.1) is 12.4 Å². The van der Waals surface area contributed by atoms with Crippen molar-refractivity contribution in [1.29, 1.82) is 0 Å². The highest BCUT2D eigenvalue weighted by atomic mass is 35.5. The van der Waals surface area contributed by atoms with Gasteiger partial charge in [0.25, 0.3) is 0 Å². The second kappa shape index (κ2) is 8.53. The number of halogens is 1. The Hall–Kier alpha value is -0.730. The van der Waals surface area contributed by atoms with Crippen LogP contribution in [0.2, 0.25) is 0 Å². The molecule has 0 saturated heterocycles. The maximum absolute atomic E-state index is 5.27. The second-order valence-electron chi connectivity index (χ2n) is 6.04. The van der Waals surface area contributed by atoms with Crippen LogP contribution in [0.4, 0.5) is 0 Å². The molecule has 0 radical (unpaired) electrons. The van der Waals surface area contributed by atoms with Crippen LogP contribution in [0.3, 0.4) is 0 Å². The van der Waals surface area contributed by atoms with E-state index in [1.54, 1.807) is 7.11 Å². The highest BCUT2D eigenvalue weighted by Gasteiger charge is 2.25. The Kier molecular flexibility index (Phi) is 7.39. The van der Waals surface area contributed by atoms with E-state index in [4.69, 9.17) is 4.74 Å². The van der Waals surface area contributed by atoms with Crippen molar-refractivity contribution in [3.8, 4) is 5.75 Å². The number of ether oxygens (including phenoxy) is 1. The minimum atomic E-state index is 0. The standard InChI is InChI=1S/C17H27NO.ClH/c1-18(2)13-17(14-7-5-4-6-8-14)15-9-11-16(19-3)12-10-15;/h9-12,14,17H,4-8,13H2,1-3H3;1H. The van der Waals surface area contributed by atoms with Gasteiger partial charge >= 0.3 is 0 Å². The molecule has 1 aromatic rings. The summed E-state index contributed by atoms with van der Waals surface area (Å²) < 4.78 is 5.27. The molecule has 1 aromatic carbocycles. The summed E-state index contributed by atoms with van der Waals surface area (Å²) in [6.45, 7) is 1.15. The molecule has 20 heavy (non-hydrogen) atoms. The number of benzene rings is 1. The van der Waals surface area contributed by atoms with Gasteiger partial charge in [-0.05, 0) is 56.5 Å². The lowest BCUT2D eigenvalue weighted by Gasteiger charge is -2.32. The molecular weight excluding hydrogens is 270 g/mol. The number of rotatable bonds is 5. The van der Waals surface area contributed by atoms with Crippen LogP contribution in [0.5, 0.6) is 5.75 Å². The molecule has 0 spiro atoms. The van der Waals surface area contributed by atoms with Gasteiger partial charge in [0.15, 0.2) is 0 Å². The van der Waals surface area contributed by atoms with E-state index >= 15 is 0 Å². The Bertz CT molecular complexity index is 371. The van der Waals surface area contributed by atoms with Crippen LogP contribution < -0.4 is 4.74 Å². The number of likely N-dealkylation sites (N-methyl/N-ethyl adjacent to an activating group) is 1. The zero-order valence-electron chi connectivity index (χ0n) is 13.0. The van der Waals surface area contributed by atoms with Crippen molar-refractivity contribution in [3.63, 3.8) is 0 Å². The van der Waals surface area contributed by atoms with E-state index in [1.165, 1.54) is 37.7 Å². The fraction of sp³-hybridized carbons (Fsp3) is 0.647. The summed E-state index contributed by atoms with van der Waals surface area (Å²) in [5.41, 5.74) is 1.47. The number of methoxy groups -OCH3 is 1. The van der Waals surface area contributed by atoms with Crippen molar-refractivity contribution >= 4 is 12.4 Å². The molecule has 1 unspecified atom stereocenters. The van der Waals surface area contributed by atoms with Crippen LogP contribution >= 0.6 is 12.4 Å². The molecular formula is C17H28ClNO. The topological polar surface area (TPSA) is 12.5 Å². The van der Waals surface area contributed by atoms with E-state index in [0.717, 1.165) is 18.2 Å². The summed E-state index contributed by atoms with van der Waals surface area (Å²) in [7, 11) is 6.09. The molecule has 1 aliphatic carbocycles. The lowest BCUT2D eigenvalue weighted by molar-refractivity contribution is 0.253. The van der Waals surface area contributed by atoms with Crippen LogP contribution in [0.15, 0.2) is 24.3 Å². The Labute approximate surface area is 129 Å². The number of hydrogen-bond donors (Lipinski definition) is 0. The first-order valence-corrected chi connectivity index (χ1v) is 7.49. The molecule has 0 aliphatic heterocycles. The van der Waals surface area contributed by atoms with Crippen molar-refractivity contribution in [2.75, 3.05) is 27.7 Å². The van der Waals surface area contributed by atoms with E-state index in [-0.39, 0.29) is 12.4 Å². The number of hydrogen-bond acceptors (Lipinski definition) is 2. The van der Waals surface area contributed by atoms with Gasteiger partial charge in [-0.2, -0.15) is 0 Å². The lowest BCUT2D eigenvalue weighted by atomic mass is 9.76. The number of nitrogens with zero attached hydrogens (tertiary/aromatic N) is 1. The quantitative estimate of drug-likeness (QED) is 0.801. The van der Waals surface area contributed by atoms with E-state index in [0.29, 0.717) is 5.92 Å². The first-order valence-electron chi connectivity index (χ1n) is 7.49. The highest BCUT2D eigenvalue weighted by molar-refractivity contribution is 5.85. The molecule has 2 rings (SSSR count). The summed E-state index contributed by atoms with van der Waals surface area (Å²) in [5.74, 6) is 2.47. The largest absolute Gasteiger partial charge is 0.497 e. The SMILES string of the molecule is COc1ccc(C(CN(C)C)C2CCCCC2)cc1.Cl. The molecule has 114 valence electrons. The van der Waals surface area contributed by atoms with Crippen molar-refractivity contribution < 1.29 is 4.74 Å². The van der Waals surface area contributed by atoms with Gasteiger partial charge in [0.05, 0.1) is 7.11 Å². The van der Waals surface area contributed by atoms with Crippen molar-refractivity contribution in [2.45, 2.75) is 38.0 Å². The predicted molar refractivity (Wildman–Crippen MR) is 88.1 cm³/mol. The molecule has 2 nitrogen and oxygen atoms in total. The van der Waals surface area contributed by atoms with Gasteiger partial charge in [-0.25, -0.2) is 0 Å². The van der Waals surface area contributed by atoms with E-state index in [1.807, 2.05) is 0 Å². The second-order valence-corrected chi connectivity index (χ2v) is 6.04. The molecule has 0 heterocycles. The fourth-order valence-corrected chi connectivity index (χ4v) is 3.31. The van der Waals surface area contributed by atoms with Gasteiger partial charge in [-0.1, -0.05) is 31.4 Å². The predicted octanol–water partition coefficient (Wildman–Crippen LogP) is 4.34. The molecule has 3 heteroatoms. The monoisotopic (exact) mass is 297 g/mol. The third-order valence-electron chi connectivity index (χ3n) is 4.32. The van der Waals surface area contributed by atoms with Crippen LogP contribution in [0.25, 0.3) is 0 Å². The molecule has 0 bridgehead atoms. The molecule has 1 atom stereocenters. The summed E-state index contributed by atoms with van der Waals surface area (Å²) >= 11 is 0. The average molecular weight is 298 g/mol. The molecule has 1 saturated carbocycles. The van der Waals surface area contributed by atoms with Crippen LogP contribution in [-0.2, 0) is 0 Å². The van der Waals surface area contributed by atoms with Crippen LogP contribution in [0.1, 0.15) is 43.6 Å². The third kappa shape index (κ3) is 4.68. The Morgan fingerprint density at radius 2 is 1.70 bits per heavy atom. The minimum Gasteiger partial charge on any atom is -0.497 e. The van der Waals surface area contributed by atoms with Crippen molar-refractivity contribution in [2.24, 2.45) is 5.92 Å². The molecule has 0 N–H and O–H groups in total. The van der Waals surface area contributed by atoms with Gasteiger partial charge in [0.1, 0.15) is 5.75 Å². The van der Waals surface area contributed by atoms with E-state index in [2.05, 4.69) is 43.3 Å². The summed E-state index contributed by atoms with van der Waals surface area (Å²) in [6, 6.07) is 8.70. The Morgan fingerprint density at radius 1 is 1.10 bits per heavy atom. The molecule has 1 aliphatic rings. The first-order chi connectivity index (χ1) is 9.20. The van der Waals surface area contributed by atoms with E-state index < -0.39 is 0 Å². The zero-order valence-corrected chi connectivity index (χ0v) is 13.8. The third-order valence-corrected chi connectivity index (χ3v) is 4.32. The van der Waals surface area contributed by atoms with Gasteiger partial charge in [0, 0.05) is 6.54 Å². The normalized spacial score (nSPS) is 17.6.